The maximum Gasteiger partial charge on any atom is 0.227 e. The minimum Gasteiger partial charge on any atom is -0.357 e. The van der Waals surface area contributed by atoms with Gasteiger partial charge in [0, 0.05) is 19.7 Å². The summed E-state index contributed by atoms with van der Waals surface area (Å²) in [5.74, 6) is 1.30. The number of aromatic nitrogens is 3. The van der Waals surface area contributed by atoms with Crippen LogP contribution in [0.3, 0.4) is 0 Å². The predicted molar refractivity (Wildman–Crippen MR) is 73.4 cm³/mol. The Kier molecular flexibility index (Phi) is 4.02. The number of hydrogen-bond acceptors (Lipinski definition) is 6. The number of hydrogen-bond donors (Lipinski definition) is 2. The molecule has 0 aliphatic rings. The van der Waals surface area contributed by atoms with Crippen molar-refractivity contribution < 1.29 is 4.79 Å². The minimum atomic E-state index is -0.0177. The normalized spacial score (nSPS) is 10.0. The molecule has 1 aromatic carbocycles. The number of benzene rings is 1. The van der Waals surface area contributed by atoms with Gasteiger partial charge in [-0.2, -0.15) is 15.0 Å². The SMILES string of the molecule is CNc1nc(CC(=O)c2ccccc2)nc(NC)n1. The van der Waals surface area contributed by atoms with E-state index in [-0.39, 0.29) is 12.2 Å². The van der Waals surface area contributed by atoms with E-state index in [1.165, 1.54) is 0 Å². The third-order valence-corrected chi connectivity index (χ3v) is 2.54. The molecule has 0 saturated heterocycles. The monoisotopic (exact) mass is 257 g/mol. The van der Waals surface area contributed by atoms with Crippen LogP contribution in [0.25, 0.3) is 0 Å². The van der Waals surface area contributed by atoms with Crippen LogP contribution in [0, 0.1) is 0 Å². The lowest BCUT2D eigenvalue weighted by atomic mass is 10.1. The highest BCUT2D eigenvalue weighted by molar-refractivity contribution is 5.97. The molecule has 0 fully saturated rings. The zero-order valence-corrected chi connectivity index (χ0v) is 10.8. The molecular weight excluding hydrogens is 242 g/mol. The van der Waals surface area contributed by atoms with Crippen LogP contribution in [0.5, 0.6) is 0 Å². The number of nitrogens with zero attached hydrogens (tertiary/aromatic N) is 3. The van der Waals surface area contributed by atoms with Gasteiger partial charge < -0.3 is 10.6 Å². The van der Waals surface area contributed by atoms with Gasteiger partial charge in [0.2, 0.25) is 11.9 Å². The molecule has 1 aromatic heterocycles. The summed E-state index contributed by atoms with van der Waals surface area (Å²) < 4.78 is 0. The molecule has 0 atom stereocenters. The molecule has 0 saturated carbocycles. The fourth-order valence-electron chi connectivity index (χ4n) is 1.59. The number of anilines is 2. The number of Topliss-reactive ketones (excluding diaryl/α,β-unsaturated/α-hetero) is 1. The summed E-state index contributed by atoms with van der Waals surface area (Å²) in [4.78, 5) is 24.5. The van der Waals surface area contributed by atoms with Gasteiger partial charge in [-0.25, -0.2) is 0 Å². The second-order valence-corrected chi connectivity index (χ2v) is 3.86. The van der Waals surface area contributed by atoms with Gasteiger partial charge in [-0.3, -0.25) is 4.79 Å². The average Bonchev–Trinajstić information content (AvgIpc) is 2.47. The summed E-state index contributed by atoms with van der Waals surface area (Å²) in [5, 5.41) is 5.68. The van der Waals surface area contributed by atoms with Gasteiger partial charge in [0.25, 0.3) is 0 Å². The maximum atomic E-state index is 12.1. The molecule has 98 valence electrons. The summed E-state index contributed by atoms with van der Waals surface area (Å²) in [6.07, 6.45) is 0.149. The highest BCUT2D eigenvalue weighted by Crippen LogP contribution is 2.08. The maximum absolute atomic E-state index is 12.1. The number of nitrogens with one attached hydrogen (secondary N) is 2. The van der Waals surface area contributed by atoms with Crippen LogP contribution in [-0.2, 0) is 6.42 Å². The zero-order chi connectivity index (χ0) is 13.7. The molecule has 2 rings (SSSR count). The third kappa shape index (κ3) is 3.25. The van der Waals surface area contributed by atoms with Gasteiger partial charge in [0.05, 0.1) is 6.42 Å². The van der Waals surface area contributed by atoms with Gasteiger partial charge >= 0.3 is 0 Å². The summed E-state index contributed by atoms with van der Waals surface area (Å²) in [7, 11) is 3.44. The van der Waals surface area contributed by atoms with E-state index in [0.29, 0.717) is 23.3 Å². The summed E-state index contributed by atoms with van der Waals surface area (Å²) in [5.41, 5.74) is 0.653. The molecule has 0 bridgehead atoms. The predicted octanol–water partition coefficient (Wildman–Crippen LogP) is 1.38. The lowest BCUT2D eigenvalue weighted by Crippen LogP contribution is -2.11. The van der Waals surface area contributed by atoms with Crippen molar-refractivity contribution >= 4 is 17.7 Å². The van der Waals surface area contributed by atoms with Crippen molar-refractivity contribution in [1.82, 2.24) is 15.0 Å². The van der Waals surface area contributed by atoms with Crippen LogP contribution in [-0.4, -0.2) is 34.8 Å². The molecule has 2 aromatic rings. The van der Waals surface area contributed by atoms with Gasteiger partial charge in [0.1, 0.15) is 5.82 Å². The van der Waals surface area contributed by atoms with E-state index >= 15 is 0 Å². The van der Waals surface area contributed by atoms with E-state index in [4.69, 9.17) is 0 Å². The largest absolute Gasteiger partial charge is 0.357 e. The lowest BCUT2D eigenvalue weighted by molar-refractivity contribution is 0.0991. The molecule has 19 heavy (non-hydrogen) atoms. The van der Waals surface area contributed by atoms with Gasteiger partial charge in [-0.15, -0.1) is 0 Å². The lowest BCUT2D eigenvalue weighted by Gasteiger charge is -2.05. The van der Waals surface area contributed by atoms with Gasteiger partial charge in [-0.1, -0.05) is 30.3 Å². The molecule has 0 aliphatic heterocycles. The Morgan fingerprint density at radius 2 is 1.58 bits per heavy atom. The van der Waals surface area contributed by atoms with Crippen LogP contribution in [0.2, 0.25) is 0 Å². The van der Waals surface area contributed by atoms with Gasteiger partial charge in [0.15, 0.2) is 5.78 Å². The second kappa shape index (κ2) is 5.90. The molecule has 0 spiro atoms. The van der Waals surface area contributed by atoms with Crippen molar-refractivity contribution in [1.29, 1.82) is 0 Å². The molecule has 0 aliphatic carbocycles. The van der Waals surface area contributed by atoms with E-state index in [1.54, 1.807) is 26.2 Å². The molecule has 6 heteroatoms. The van der Waals surface area contributed by atoms with Crippen molar-refractivity contribution in [3.8, 4) is 0 Å². The van der Waals surface area contributed by atoms with Gasteiger partial charge in [-0.05, 0) is 0 Å². The number of carbonyl (C=O) groups excluding carboxylic acids is 1. The second-order valence-electron chi connectivity index (χ2n) is 3.86. The Morgan fingerprint density at radius 3 is 2.11 bits per heavy atom. The fourth-order valence-corrected chi connectivity index (χ4v) is 1.59. The first-order chi connectivity index (χ1) is 9.22. The summed E-state index contributed by atoms with van der Waals surface area (Å²) >= 11 is 0. The Labute approximate surface area is 111 Å². The van der Waals surface area contributed by atoms with Crippen molar-refractivity contribution in [2.75, 3.05) is 24.7 Å². The summed E-state index contributed by atoms with van der Waals surface area (Å²) in [6, 6.07) is 9.10. The van der Waals surface area contributed by atoms with E-state index in [2.05, 4.69) is 25.6 Å². The highest BCUT2D eigenvalue weighted by atomic mass is 16.1. The van der Waals surface area contributed by atoms with Crippen LogP contribution < -0.4 is 10.6 Å². The molecular formula is C13H15N5O. The molecule has 0 radical (unpaired) electrons. The van der Waals surface area contributed by atoms with Crippen LogP contribution in [0.4, 0.5) is 11.9 Å². The fraction of sp³-hybridized carbons (Fsp3) is 0.231. The van der Waals surface area contributed by atoms with Crippen molar-refractivity contribution in [3.63, 3.8) is 0 Å². The Morgan fingerprint density at radius 1 is 1.00 bits per heavy atom. The standard InChI is InChI=1S/C13H15N5O/c1-14-12-16-11(17-13(15-2)18-12)8-10(19)9-6-4-3-5-7-9/h3-7H,8H2,1-2H3,(H2,14,15,16,17,18). The minimum absolute atomic E-state index is 0.0177. The molecule has 0 unspecified atom stereocenters. The topological polar surface area (TPSA) is 79.8 Å². The Balaban J connectivity index is 2.21. The van der Waals surface area contributed by atoms with Crippen LogP contribution in [0.1, 0.15) is 16.2 Å². The molecule has 0 amide bonds. The molecule has 2 N–H and O–H groups in total. The highest BCUT2D eigenvalue weighted by Gasteiger charge is 2.11. The summed E-state index contributed by atoms with van der Waals surface area (Å²) in [6.45, 7) is 0. The quantitative estimate of drug-likeness (QED) is 0.788. The van der Waals surface area contributed by atoms with E-state index in [0.717, 1.165) is 0 Å². The third-order valence-electron chi connectivity index (χ3n) is 2.54. The van der Waals surface area contributed by atoms with Crippen LogP contribution >= 0.6 is 0 Å². The molecule has 1 heterocycles. The Hall–Kier alpha value is -2.50. The van der Waals surface area contributed by atoms with Crippen LogP contribution in [0.15, 0.2) is 30.3 Å². The number of rotatable bonds is 5. The first-order valence-corrected chi connectivity index (χ1v) is 5.91. The van der Waals surface area contributed by atoms with Crippen molar-refractivity contribution in [3.05, 3.63) is 41.7 Å². The number of ketones is 1. The first kappa shape index (κ1) is 12.9. The smallest absolute Gasteiger partial charge is 0.227 e. The van der Waals surface area contributed by atoms with E-state index in [1.807, 2.05) is 18.2 Å². The van der Waals surface area contributed by atoms with E-state index in [9.17, 15) is 4.79 Å². The number of carbonyl (C=O) groups is 1. The Bertz CT molecular complexity index is 548. The average molecular weight is 257 g/mol. The van der Waals surface area contributed by atoms with Crippen molar-refractivity contribution in [2.45, 2.75) is 6.42 Å². The zero-order valence-electron chi connectivity index (χ0n) is 10.8. The van der Waals surface area contributed by atoms with E-state index < -0.39 is 0 Å². The first-order valence-electron chi connectivity index (χ1n) is 5.91. The molecule has 6 nitrogen and oxygen atoms in total. The van der Waals surface area contributed by atoms with Crippen molar-refractivity contribution in [2.24, 2.45) is 0 Å².